The standard InChI is InChI=1S/C27H35N3O5S/c1-3-35-27(32)29-18-15-24(16-19-29)28-26(31)23-13-11-21(12-14-23)20(2)30-17-7-10-25(36(30,33)34)22-8-5-4-6-9-22/h4-6,8-9,11-14,20,24-25H,3,7,10,15-19H2,1-2H3,(H,28,31). The third kappa shape index (κ3) is 5.73. The quantitative estimate of drug-likeness (QED) is 0.623. The van der Waals surface area contributed by atoms with E-state index in [4.69, 9.17) is 4.74 Å². The molecule has 194 valence electrons. The van der Waals surface area contributed by atoms with Crippen LogP contribution in [0.3, 0.4) is 0 Å². The van der Waals surface area contributed by atoms with Gasteiger partial charge in [0, 0.05) is 37.3 Å². The Morgan fingerprint density at radius 1 is 1.00 bits per heavy atom. The first-order valence-electron chi connectivity index (χ1n) is 12.7. The second kappa shape index (κ2) is 11.4. The van der Waals surface area contributed by atoms with Crippen molar-refractivity contribution >= 4 is 22.0 Å². The van der Waals surface area contributed by atoms with Crippen LogP contribution in [0.1, 0.15) is 72.3 Å². The molecule has 0 spiro atoms. The number of hydrogen-bond acceptors (Lipinski definition) is 5. The van der Waals surface area contributed by atoms with Crippen molar-refractivity contribution in [2.45, 2.75) is 56.9 Å². The van der Waals surface area contributed by atoms with E-state index in [2.05, 4.69) is 5.32 Å². The molecule has 9 heteroatoms. The van der Waals surface area contributed by atoms with Crippen LogP contribution in [-0.2, 0) is 14.8 Å². The average Bonchev–Trinajstić information content (AvgIpc) is 2.89. The van der Waals surface area contributed by atoms with Crippen molar-refractivity contribution in [3.8, 4) is 0 Å². The van der Waals surface area contributed by atoms with Gasteiger partial charge >= 0.3 is 6.09 Å². The smallest absolute Gasteiger partial charge is 0.409 e. The van der Waals surface area contributed by atoms with Crippen LogP contribution in [0.2, 0.25) is 0 Å². The summed E-state index contributed by atoms with van der Waals surface area (Å²) < 4.78 is 33.6. The van der Waals surface area contributed by atoms with E-state index in [1.807, 2.05) is 49.4 Å². The van der Waals surface area contributed by atoms with Gasteiger partial charge in [-0.1, -0.05) is 42.5 Å². The summed E-state index contributed by atoms with van der Waals surface area (Å²) in [6.07, 6.45) is 2.47. The topological polar surface area (TPSA) is 96.0 Å². The molecule has 2 unspecified atom stereocenters. The summed E-state index contributed by atoms with van der Waals surface area (Å²) in [6, 6.07) is 16.2. The highest BCUT2D eigenvalue weighted by Crippen LogP contribution is 2.38. The van der Waals surface area contributed by atoms with Crippen LogP contribution in [0.25, 0.3) is 0 Å². The highest BCUT2D eigenvalue weighted by Gasteiger charge is 2.39. The molecule has 1 N–H and O–H groups in total. The molecule has 2 aromatic carbocycles. The van der Waals surface area contributed by atoms with Crippen molar-refractivity contribution in [2.75, 3.05) is 26.2 Å². The summed E-state index contributed by atoms with van der Waals surface area (Å²) in [5.41, 5.74) is 2.21. The first kappa shape index (κ1) is 26.2. The van der Waals surface area contributed by atoms with Gasteiger partial charge in [-0.05, 0) is 62.8 Å². The number of ether oxygens (including phenoxy) is 1. The molecule has 0 saturated carbocycles. The van der Waals surface area contributed by atoms with E-state index in [1.54, 1.807) is 28.3 Å². The fourth-order valence-electron chi connectivity index (χ4n) is 5.06. The van der Waals surface area contributed by atoms with Crippen molar-refractivity contribution in [3.05, 3.63) is 71.3 Å². The lowest BCUT2D eigenvalue weighted by Gasteiger charge is -2.36. The molecule has 0 radical (unpaired) electrons. The zero-order valence-corrected chi connectivity index (χ0v) is 21.7. The van der Waals surface area contributed by atoms with Gasteiger partial charge in [0.05, 0.1) is 6.61 Å². The molecule has 2 aromatic rings. The van der Waals surface area contributed by atoms with Gasteiger partial charge in [-0.25, -0.2) is 13.2 Å². The van der Waals surface area contributed by atoms with Gasteiger partial charge in [-0.15, -0.1) is 0 Å². The number of nitrogens with zero attached hydrogens (tertiary/aromatic N) is 2. The minimum absolute atomic E-state index is 0.00445. The highest BCUT2D eigenvalue weighted by atomic mass is 32.2. The molecule has 2 atom stereocenters. The van der Waals surface area contributed by atoms with Gasteiger partial charge in [0.25, 0.3) is 5.91 Å². The molecule has 2 aliphatic rings. The van der Waals surface area contributed by atoms with Gasteiger partial charge in [-0.2, -0.15) is 4.31 Å². The number of likely N-dealkylation sites (tertiary alicyclic amines) is 1. The lowest BCUT2D eigenvalue weighted by atomic mass is 10.0. The Kier molecular flexibility index (Phi) is 8.31. The predicted molar refractivity (Wildman–Crippen MR) is 138 cm³/mol. The number of sulfonamides is 1. The molecule has 0 aliphatic carbocycles. The Bertz CT molecular complexity index is 1150. The fourth-order valence-corrected chi connectivity index (χ4v) is 7.30. The lowest BCUT2D eigenvalue weighted by Crippen LogP contribution is -2.46. The molecule has 0 bridgehead atoms. The van der Waals surface area contributed by atoms with Crippen molar-refractivity contribution < 1.29 is 22.7 Å². The van der Waals surface area contributed by atoms with Gasteiger partial charge in [-0.3, -0.25) is 4.79 Å². The van der Waals surface area contributed by atoms with Crippen LogP contribution < -0.4 is 5.32 Å². The van der Waals surface area contributed by atoms with Gasteiger partial charge in [0.1, 0.15) is 5.25 Å². The highest BCUT2D eigenvalue weighted by molar-refractivity contribution is 7.89. The molecule has 2 saturated heterocycles. The predicted octanol–water partition coefficient (Wildman–Crippen LogP) is 4.27. The Morgan fingerprint density at radius 2 is 1.67 bits per heavy atom. The number of nitrogens with one attached hydrogen (secondary N) is 1. The Labute approximate surface area is 213 Å². The molecule has 36 heavy (non-hydrogen) atoms. The van der Waals surface area contributed by atoms with Crippen molar-refractivity contribution in [3.63, 3.8) is 0 Å². The molecule has 4 rings (SSSR count). The molecular formula is C27H35N3O5S. The maximum absolute atomic E-state index is 13.5. The Morgan fingerprint density at radius 3 is 2.31 bits per heavy atom. The zero-order valence-electron chi connectivity index (χ0n) is 20.9. The molecule has 0 aromatic heterocycles. The van der Waals surface area contributed by atoms with E-state index >= 15 is 0 Å². The molecule has 2 fully saturated rings. The Hall–Kier alpha value is -2.91. The fraction of sp³-hybridized carbons (Fsp3) is 0.481. The first-order valence-corrected chi connectivity index (χ1v) is 14.2. The molecule has 2 heterocycles. The third-order valence-electron chi connectivity index (χ3n) is 7.15. The van der Waals surface area contributed by atoms with Crippen LogP contribution in [0.4, 0.5) is 4.79 Å². The van der Waals surface area contributed by atoms with Gasteiger partial charge in [0.15, 0.2) is 0 Å². The van der Waals surface area contributed by atoms with E-state index in [0.717, 1.165) is 17.5 Å². The number of carbonyl (C=O) groups excluding carboxylic acids is 2. The third-order valence-corrected chi connectivity index (χ3v) is 9.53. The summed E-state index contributed by atoms with van der Waals surface area (Å²) in [4.78, 5) is 26.3. The van der Waals surface area contributed by atoms with Crippen molar-refractivity contribution in [1.29, 1.82) is 0 Å². The van der Waals surface area contributed by atoms with Crippen LogP contribution in [0, 0.1) is 0 Å². The summed E-state index contributed by atoms with van der Waals surface area (Å²) in [6.45, 7) is 5.62. The van der Waals surface area contributed by atoms with Crippen LogP contribution >= 0.6 is 0 Å². The minimum atomic E-state index is -3.51. The second-order valence-corrected chi connectivity index (χ2v) is 11.5. The first-order chi connectivity index (χ1) is 17.3. The van der Waals surface area contributed by atoms with Crippen LogP contribution in [-0.4, -0.2) is 61.9 Å². The van der Waals surface area contributed by atoms with Gasteiger partial charge < -0.3 is 15.0 Å². The SMILES string of the molecule is CCOC(=O)N1CCC(NC(=O)c2ccc(C(C)N3CCCC(c4ccccc4)S3(=O)=O)cc2)CC1. The van der Waals surface area contributed by atoms with Crippen LogP contribution in [0.15, 0.2) is 54.6 Å². The average molecular weight is 514 g/mol. The Balaban J connectivity index is 1.37. The van der Waals surface area contributed by atoms with E-state index < -0.39 is 15.3 Å². The van der Waals surface area contributed by atoms with Gasteiger partial charge in [0.2, 0.25) is 10.0 Å². The normalized spacial score (nSPS) is 21.5. The van der Waals surface area contributed by atoms with Crippen molar-refractivity contribution in [2.24, 2.45) is 0 Å². The summed E-state index contributed by atoms with van der Waals surface area (Å²) in [5.74, 6) is -0.168. The zero-order chi connectivity index (χ0) is 25.7. The number of piperidine rings is 1. The molecule has 2 amide bonds. The largest absolute Gasteiger partial charge is 0.450 e. The minimum Gasteiger partial charge on any atom is -0.450 e. The maximum atomic E-state index is 13.5. The van der Waals surface area contributed by atoms with E-state index in [0.29, 0.717) is 51.1 Å². The lowest BCUT2D eigenvalue weighted by molar-refractivity contribution is 0.0860. The number of amides is 2. The number of carbonyl (C=O) groups is 2. The summed E-state index contributed by atoms with van der Waals surface area (Å²) in [7, 11) is -3.51. The summed E-state index contributed by atoms with van der Waals surface area (Å²) >= 11 is 0. The number of hydrogen-bond donors (Lipinski definition) is 1. The van der Waals surface area contributed by atoms with E-state index in [-0.39, 0.29) is 24.1 Å². The molecule has 8 nitrogen and oxygen atoms in total. The van der Waals surface area contributed by atoms with E-state index in [1.165, 1.54) is 0 Å². The maximum Gasteiger partial charge on any atom is 0.409 e. The monoisotopic (exact) mass is 513 g/mol. The summed E-state index contributed by atoms with van der Waals surface area (Å²) in [5, 5.41) is 2.52. The number of benzene rings is 2. The molecular weight excluding hydrogens is 478 g/mol. The van der Waals surface area contributed by atoms with Crippen LogP contribution in [0.5, 0.6) is 0 Å². The second-order valence-electron chi connectivity index (χ2n) is 9.43. The molecule has 2 aliphatic heterocycles. The van der Waals surface area contributed by atoms with E-state index in [9.17, 15) is 18.0 Å². The van der Waals surface area contributed by atoms with Crippen molar-refractivity contribution in [1.82, 2.24) is 14.5 Å². The number of rotatable bonds is 6.